The van der Waals surface area contributed by atoms with Gasteiger partial charge in [0, 0.05) is 16.5 Å². The summed E-state index contributed by atoms with van der Waals surface area (Å²) in [5, 5.41) is 29.8. The van der Waals surface area contributed by atoms with E-state index >= 15 is 0 Å². The molecule has 150 valence electrons. The average Bonchev–Trinajstić information content (AvgIpc) is 3.29. The molecule has 0 aliphatic carbocycles. The number of aromatic nitrogens is 1. The van der Waals surface area contributed by atoms with E-state index in [9.17, 15) is 24.7 Å². The lowest BCUT2D eigenvalue weighted by atomic mass is 9.94. The van der Waals surface area contributed by atoms with Crippen LogP contribution in [0.2, 0.25) is 0 Å². The minimum atomic E-state index is -1.22. The molecule has 0 aliphatic rings. The average molecular weight is 404 g/mol. The number of nitriles is 1. The summed E-state index contributed by atoms with van der Waals surface area (Å²) in [5.41, 5.74) is 1.86. The number of aliphatic hydroxyl groups is 2. The SMILES string of the molecule is N#Cc1c(-c2cccc(F)c2)c2cc(-c3ccoc3)ccc2c(=O)n1CC(O)CO. The lowest BCUT2D eigenvalue weighted by molar-refractivity contribution is 0.0803. The maximum absolute atomic E-state index is 14.0. The van der Waals surface area contributed by atoms with Crippen molar-refractivity contribution in [2.24, 2.45) is 0 Å². The van der Waals surface area contributed by atoms with Crippen LogP contribution in [-0.4, -0.2) is 27.5 Å². The number of nitrogens with zero attached hydrogens (tertiary/aromatic N) is 2. The van der Waals surface area contributed by atoms with E-state index in [1.54, 1.807) is 36.6 Å². The van der Waals surface area contributed by atoms with E-state index in [-0.39, 0.29) is 12.2 Å². The van der Waals surface area contributed by atoms with Gasteiger partial charge in [0.1, 0.15) is 17.6 Å². The molecule has 4 rings (SSSR count). The summed E-state index contributed by atoms with van der Waals surface area (Å²) in [5.74, 6) is -0.483. The first-order valence-corrected chi connectivity index (χ1v) is 9.21. The van der Waals surface area contributed by atoms with Crippen molar-refractivity contribution in [2.75, 3.05) is 6.61 Å². The van der Waals surface area contributed by atoms with Gasteiger partial charge in [-0.3, -0.25) is 9.36 Å². The van der Waals surface area contributed by atoms with Crippen LogP contribution in [0.1, 0.15) is 5.69 Å². The molecule has 0 bridgehead atoms. The first-order valence-electron chi connectivity index (χ1n) is 9.21. The Hall–Kier alpha value is -3.73. The first kappa shape index (κ1) is 19.6. The number of halogens is 1. The van der Waals surface area contributed by atoms with Crippen LogP contribution in [0.4, 0.5) is 4.39 Å². The summed E-state index contributed by atoms with van der Waals surface area (Å²) < 4.78 is 20.3. The zero-order valence-electron chi connectivity index (χ0n) is 15.7. The summed E-state index contributed by atoms with van der Waals surface area (Å²) >= 11 is 0. The van der Waals surface area contributed by atoms with Gasteiger partial charge >= 0.3 is 0 Å². The Labute approximate surface area is 170 Å². The third kappa shape index (κ3) is 3.39. The van der Waals surface area contributed by atoms with Gasteiger partial charge in [0.05, 0.1) is 31.8 Å². The minimum Gasteiger partial charge on any atom is -0.472 e. The van der Waals surface area contributed by atoms with Crippen molar-refractivity contribution in [1.29, 1.82) is 5.26 Å². The normalized spacial score (nSPS) is 12.1. The van der Waals surface area contributed by atoms with Gasteiger partial charge in [0.2, 0.25) is 0 Å². The fourth-order valence-electron chi connectivity index (χ4n) is 3.55. The van der Waals surface area contributed by atoms with Crippen LogP contribution in [0.3, 0.4) is 0 Å². The highest BCUT2D eigenvalue weighted by atomic mass is 19.1. The van der Waals surface area contributed by atoms with Crippen molar-refractivity contribution >= 4 is 10.8 Å². The van der Waals surface area contributed by atoms with E-state index in [4.69, 9.17) is 4.42 Å². The lowest BCUT2D eigenvalue weighted by Crippen LogP contribution is -2.31. The Morgan fingerprint density at radius 2 is 1.93 bits per heavy atom. The molecular formula is C23H17FN2O4. The third-order valence-electron chi connectivity index (χ3n) is 4.95. The molecule has 2 N–H and O–H groups in total. The smallest absolute Gasteiger partial charge is 0.259 e. The van der Waals surface area contributed by atoms with Crippen LogP contribution in [0.15, 0.2) is 70.3 Å². The number of rotatable bonds is 5. The van der Waals surface area contributed by atoms with E-state index in [0.717, 1.165) is 15.7 Å². The largest absolute Gasteiger partial charge is 0.472 e. The number of pyridine rings is 1. The molecular weight excluding hydrogens is 387 g/mol. The van der Waals surface area contributed by atoms with Crippen molar-refractivity contribution in [3.63, 3.8) is 0 Å². The van der Waals surface area contributed by atoms with Gasteiger partial charge in [-0.25, -0.2) is 4.39 Å². The highest BCUT2D eigenvalue weighted by molar-refractivity contribution is 6.00. The summed E-state index contributed by atoms with van der Waals surface area (Å²) in [6.07, 6.45) is 1.87. The molecule has 2 aromatic carbocycles. The molecule has 2 heterocycles. The molecule has 0 saturated heterocycles. The number of fused-ring (bicyclic) bond motifs is 1. The quantitative estimate of drug-likeness (QED) is 0.532. The summed E-state index contributed by atoms with van der Waals surface area (Å²) in [6, 6.07) is 14.7. The van der Waals surface area contributed by atoms with Crippen LogP contribution in [-0.2, 0) is 6.54 Å². The molecule has 6 nitrogen and oxygen atoms in total. The first-order chi connectivity index (χ1) is 14.5. The summed E-state index contributed by atoms with van der Waals surface area (Å²) in [6.45, 7) is -0.829. The minimum absolute atomic E-state index is 0.0186. The zero-order chi connectivity index (χ0) is 21.3. The Kier molecular flexibility index (Phi) is 5.19. The van der Waals surface area contributed by atoms with Gasteiger partial charge in [-0.1, -0.05) is 18.2 Å². The molecule has 1 atom stereocenters. The van der Waals surface area contributed by atoms with E-state index in [1.807, 2.05) is 6.07 Å². The number of furan rings is 1. The predicted molar refractivity (Wildman–Crippen MR) is 109 cm³/mol. The standard InChI is InChI=1S/C23H17FN2O4/c24-17-3-1-2-15(8-17)22-20-9-14(16-6-7-30-13-16)4-5-19(20)23(29)26(21(22)10-25)11-18(28)12-27/h1-9,13,18,27-28H,11-12H2. The topological polar surface area (TPSA) is 99.4 Å². The molecule has 1 unspecified atom stereocenters. The molecule has 0 radical (unpaired) electrons. The number of hydrogen-bond acceptors (Lipinski definition) is 5. The van der Waals surface area contributed by atoms with E-state index in [2.05, 4.69) is 0 Å². The van der Waals surface area contributed by atoms with E-state index < -0.39 is 24.1 Å². The van der Waals surface area contributed by atoms with Crippen LogP contribution in [0.5, 0.6) is 0 Å². The third-order valence-corrected chi connectivity index (χ3v) is 4.95. The molecule has 0 aliphatic heterocycles. The second-order valence-corrected chi connectivity index (χ2v) is 6.87. The van der Waals surface area contributed by atoms with Gasteiger partial charge in [-0.05, 0) is 46.8 Å². The maximum Gasteiger partial charge on any atom is 0.259 e. The fraction of sp³-hybridized carbons (Fsp3) is 0.130. The van der Waals surface area contributed by atoms with E-state index in [0.29, 0.717) is 21.9 Å². The van der Waals surface area contributed by atoms with Gasteiger partial charge in [-0.15, -0.1) is 0 Å². The number of aliphatic hydroxyl groups excluding tert-OH is 2. The highest BCUT2D eigenvalue weighted by Crippen LogP contribution is 2.34. The Balaban J connectivity index is 2.12. The molecule has 2 aromatic heterocycles. The van der Waals surface area contributed by atoms with Crippen LogP contribution < -0.4 is 5.56 Å². The van der Waals surface area contributed by atoms with Crippen molar-refractivity contribution < 1.29 is 19.0 Å². The second kappa shape index (κ2) is 7.95. The molecule has 4 aromatic rings. The predicted octanol–water partition coefficient (Wildman–Crippen LogP) is 3.29. The Morgan fingerprint density at radius 3 is 2.60 bits per heavy atom. The second-order valence-electron chi connectivity index (χ2n) is 6.87. The van der Waals surface area contributed by atoms with Crippen LogP contribution in [0, 0.1) is 17.1 Å². The maximum atomic E-state index is 14.0. The number of benzene rings is 2. The molecule has 0 fully saturated rings. The van der Waals surface area contributed by atoms with Crippen LogP contribution >= 0.6 is 0 Å². The fourth-order valence-corrected chi connectivity index (χ4v) is 3.55. The summed E-state index contributed by atoms with van der Waals surface area (Å²) in [4.78, 5) is 13.1. The highest BCUT2D eigenvalue weighted by Gasteiger charge is 2.20. The number of hydrogen-bond donors (Lipinski definition) is 2. The Morgan fingerprint density at radius 1 is 1.10 bits per heavy atom. The van der Waals surface area contributed by atoms with Crippen molar-refractivity contribution in [3.05, 3.63) is 82.9 Å². The van der Waals surface area contributed by atoms with Gasteiger partial charge in [-0.2, -0.15) is 5.26 Å². The molecule has 0 saturated carbocycles. The zero-order valence-corrected chi connectivity index (χ0v) is 15.7. The van der Waals surface area contributed by atoms with Crippen molar-refractivity contribution in [3.8, 4) is 28.3 Å². The molecule has 0 amide bonds. The van der Waals surface area contributed by atoms with Crippen molar-refractivity contribution in [2.45, 2.75) is 12.6 Å². The summed E-state index contributed by atoms with van der Waals surface area (Å²) in [7, 11) is 0. The van der Waals surface area contributed by atoms with Crippen molar-refractivity contribution in [1.82, 2.24) is 4.57 Å². The molecule has 7 heteroatoms. The Bertz CT molecular complexity index is 1320. The molecule has 0 spiro atoms. The van der Waals surface area contributed by atoms with E-state index in [1.165, 1.54) is 24.5 Å². The van der Waals surface area contributed by atoms with Gasteiger partial charge in [0.25, 0.3) is 5.56 Å². The van der Waals surface area contributed by atoms with Crippen LogP contribution in [0.25, 0.3) is 33.0 Å². The van der Waals surface area contributed by atoms with Gasteiger partial charge in [0.15, 0.2) is 0 Å². The lowest BCUT2D eigenvalue weighted by Gasteiger charge is -2.18. The van der Waals surface area contributed by atoms with Gasteiger partial charge < -0.3 is 14.6 Å². The molecule has 30 heavy (non-hydrogen) atoms. The monoisotopic (exact) mass is 404 g/mol.